The van der Waals surface area contributed by atoms with Crippen molar-refractivity contribution in [3.05, 3.63) is 78.9 Å². The molecular weight excluding hydrogens is 523 g/mol. The molecule has 0 unspecified atom stereocenters. The molecule has 3 rings (SSSR count). The normalized spacial score (nSPS) is 12.6. The van der Waals surface area contributed by atoms with Crippen molar-refractivity contribution in [3.63, 3.8) is 0 Å². The average molecular weight is 553 g/mol. The van der Waals surface area contributed by atoms with Crippen LogP contribution in [0.4, 0.5) is 11.4 Å². The Morgan fingerprint density at radius 1 is 0.667 bits per heavy atom. The van der Waals surface area contributed by atoms with E-state index >= 15 is 0 Å². The largest absolute Gasteiger partial charge is 0.364 e. The van der Waals surface area contributed by atoms with E-state index in [9.17, 15) is 21.4 Å². The lowest BCUT2D eigenvalue weighted by atomic mass is 10.3. The third-order valence-electron chi connectivity index (χ3n) is 4.60. The van der Waals surface area contributed by atoms with E-state index in [1.807, 2.05) is 0 Å². The van der Waals surface area contributed by atoms with Gasteiger partial charge in [-0.3, -0.25) is 14.0 Å². The number of benzene rings is 3. The van der Waals surface area contributed by atoms with E-state index in [1.54, 1.807) is 64.1 Å². The number of hydrogen-bond donors (Lipinski definition) is 2. The Bertz CT molecular complexity index is 1430. The Kier molecular flexibility index (Phi) is 8.63. The lowest BCUT2D eigenvalue weighted by Crippen LogP contribution is -2.24. The van der Waals surface area contributed by atoms with Gasteiger partial charge < -0.3 is 9.05 Å². The Morgan fingerprint density at radius 2 is 1.11 bits per heavy atom. The molecule has 0 saturated carbocycles. The molecule has 2 N–H and O–H groups in total. The van der Waals surface area contributed by atoms with Gasteiger partial charge in [0.2, 0.25) is 0 Å². The van der Waals surface area contributed by atoms with Gasteiger partial charge >= 0.3 is 7.60 Å². The highest BCUT2D eigenvalue weighted by atomic mass is 32.2. The minimum absolute atomic E-state index is 0.00537. The smallest absolute Gasteiger partial charge is 0.302 e. The molecule has 0 aromatic heterocycles. The summed E-state index contributed by atoms with van der Waals surface area (Å²) in [6.45, 7) is 6.64. The van der Waals surface area contributed by atoms with Crippen molar-refractivity contribution in [2.24, 2.45) is 0 Å². The summed E-state index contributed by atoms with van der Waals surface area (Å²) in [6.07, 6.45) is -1.09. The first kappa shape index (κ1) is 27.9. The third kappa shape index (κ3) is 6.96. The fourth-order valence-corrected chi connectivity index (χ4v) is 7.58. The fraction of sp³-hybridized carbons (Fsp3) is 0.250. The number of anilines is 2. The standard InChI is InChI=1S/C24H29N2O7PS2/c1-18(2)32-34(27,33-19(3)4)24-17-20(25-35(28,29)21-11-7-5-8-12-21)15-16-23(24)26-36(30,31)22-13-9-6-10-14-22/h5-19,25-26H,1-4H3. The lowest BCUT2D eigenvalue weighted by Gasteiger charge is -2.25. The highest BCUT2D eigenvalue weighted by Crippen LogP contribution is 2.51. The van der Waals surface area contributed by atoms with Crippen LogP contribution in [0.15, 0.2) is 88.7 Å². The maximum absolute atomic E-state index is 14.0. The Hall–Kier alpha value is -2.69. The highest BCUT2D eigenvalue weighted by molar-refractivity contribution is 7.93. The Morgan fingerprint density at radius 3 is 1.56 bits per heavy atom. The van der Waals surface area contributed by atoms with Gasteiger partial charge in [0.05, 0.1) is 33.0 Å². The van der Waals surface area contributed by atoms with Gasteiger partial charge in [0.15, 0.2) is 0 Å². The summed E-state index contributed by atoms with van der Waals surface area (Å²) in [5.74, 6) is 0. The van der Waals surface area contributed by atoms with E-state index in [-0.39, 0.29) is 26.5 Å². The number of sulfonamides is 2. The van der Waals surface area contributed by atoms with E-state index < -0.39 is 39.9 Å². The van der Waals surface area contributed by atoms with E-state index in [0.717, 1.165) is 0 Å². The molecule has 9 nitrogen and oxygen atoms in total. The summed E-state index contributed by atoms with van der Waals surface area (Å²) in [7, 11) is -12.2. The minimum Gasteiger partial charge on any atom is -0.302 e. The minimum atomic E-state index is -4.13. The van der Waals surface area contributed by atoms with Crippen molar-refractivity contribution >= 4 is 44.3 Å². The summed E-state index contributed by atoms with van der Waals surface area (Å²) >= 11 is 0. The second kappa shape index (κ2) is 11.1. The van der Waals surface area contributed by atoms with Crippen LogP contribution >= 0.6 is 7.60 Å². The van der Waals surface area contributed by atoms with Crippen molar-refractivity contribution in [3.8, 4) is 0 Å². The molecule has 0 atom stereocenters. The molecule has 0 saturated heterocycles. The summed E-state index contributed by atoms with van der Waals surface area (Å²) in [5.41, 5.74) is -0.0115. The third-order valence-corrected chi connectivity index (χ3v) is 9.73. The van der Waals surface area contributed by atoms with Crippen LogP contribution in [-0.2, 0) is 33.7 Å². The van der Waals surface area contributed by atoms with Crippen molar-refractivity contribution in [1.82, 2.24) is 0 Å². The summed E-state index contributed by atoms with van der Waals surface area (Å²) in [4.78, 5) is 0.0228. The quantitative estimate of drug-likeness (QED) is 0.322. The molecule has 0 heterocycles. The van der Waals surface area contributed by atoms with Crippen LogP contribution in [0.5, 0.6) is 0 Å². The Labute approximate surface area is 212 Å². The first-order chi connectivity index (χ1) is 16.8. The van der Waals surface area contributed by atoms with Crippen LogP contribution in [0.25, 0.3) is 0 Å². The van der Waals surface area contributed by atoms with Crippen LogP contribution < -0.4 is 14.7 Å². The lowest BCUT2D eigenvalue weighted by molar-refractivity contribution is 0.150. The van der Waals surface area contributed by atoms with E-state index in [0.29, 0.717) is 0 Å². The maximum Gasteiger partial charge on any atom is 0.364 e. The van der Waals surface area contributed by atoms with E-state index in [1.165, 1.54) is 42.5 Å². The zero-order valence-corrected chi connectivity index (χ0v) is 22.8. The molecule has 0 amide bonds. The highest BCUT2D eigenvalue weighted by Gasteiger charge is 2.35. The van der Waals surface area contributed by atoms with E-state index in [4.69, 9.17) is 9.05 Å². The van der Waals surface area contributed by atoms with Gasteiger partial charge in [-0.25, -0.2) is 16.8 Å². The molecule has 194 valence electrons. The number of rotatable bonds is 11. The molecule has 0 aliphatic heterocycles. The van der Waals surface area contributed by atoms with Crippen molar-refractivity contribution in [2.75, 3.05) is 9.44 Å². The van der Waals surface area contributed by atoms with Crippen LogP contribution in [0.3, 0.4) is 0 Å². The predicted octanol–water partition coefficient (Wildman–Crippen LogP) is 4.96. The molecule has 0 spiro atoms. The zero-order valence-electron chi connectivity index (χ0n) is 20.3. The number of nitrogens with one attached hydrogen (secondary N) is 2. The molecule has 0 aliphatic carbocycles. The molecule has 3 aromatic rings. The van der Waals surface area contributed by atoms with Crippen LogP contribution in [0.1, 0.15) is 27.7 Å². The van der Waals surface area contributed by atoms with Gasteiger partial charge in [-0.05, 0) is 70.2 Å². The van der Waals surface area contributed by atoms with Crippen LogP contribution in [-0.4, -0.2) is 29.0 Å². The molecule has 3 aromatic carbocycles. The van der Waals surface area contributed by atoms with Gasteiger partial charge in [-0.2, -0.15) is 0 Å². The summed E-state index contributed by atoms with van der Waals surface area (Å²) < 4.78 is 82.0. The molecule has 36 heavy (non-hydrogen) atoms. The number of hydrogen-bond acceptors (Lipinski definition) is 7. The van der Waals surface area contributed by atoms with Crippen LogP contribution in [0.2, 0.25) is 0 Å². The average Bonchev–Trinajstić information content (AvgIpc) is 2.80. The Balaban J connectivity index is 2.13. The molecular formula is C24H29N2O7PS2. The molecule has 12 heteroatoms. The van der Waals surface area contributed by atoms with Gasteiger partial charge in [-0.15, -0.1) is 0 Å². The topological polar surface area (TPSA) is 128 Å². The van der Waals surface area contributed by atoms with Gasteiger partial charge in [0.1, 0.15) is 0 Å². The monoisotopic (exact) mass is 552 g/mol. The first-order valence-corrected chi connectivity index (χ1v) is 15.6. The van der Waals surface area contributed by atoms with Crippen molar-refractivity contribution in [2.45, 2.75) is 49.7 Å². The second-order valence-corrected chi connectivity index (χ2v) is 13.6. The van der Waals surface area contributed by atoms with E-state index in [2.05, 4.69) is 9.44 Å². The molecule has 0 aliphatic rings. The first-order valence-electron chi connectivity index (χ1n) is 11.1. The van der Waals surface area contributed by atoms with Crippen LogP contribution in [0, 0.1) is 0 Å². The zero-order chi connectivity index (χ0) is 26.6. The molecule has 0 bridgehead atoms. The van der Waals surface area contributed by atoms with Crippen molar-refractivity contribution < 1.29 is 30.4 Å². The van der Waals surface area contributed by atoms with Crippen molar-refractivity contribution in [1.29, 1.82) is 0 Å². The fourth-order valence-electron chi connectivity index (χ4n) is 3.22. The SMILES string of the molecule is CC(C)OP(=O)(OC(C)C)c1cc(NS(=O)(=O)c2ccccc2)ccc1NS(=O)(=O)c1ccccc1. The predicted molar refractivity (Wildman–Crippen MR) is 141 cm³/mol. The second-order valence-electron chi connectivity index (χ2n) is 8.37. The van der Waals surface area contributed by atoms with Gasteiger partial charge in [0.25, 0.3) is 20.0 Å². The maximum atomic E-state index is 14.0. The molecule has 0 radical (unpaired) electrons. The molecule has 0 fully saturated rings. The van der Waals surface area contributed by atoms with Gasteiger partial charge in [0, 0.05) is 5.69 Å². The summed E-state index contributed by atoms with van der Waals surface area (Å²) in [6, 6.07) is 19.3. The summed E-state index contributed by atoms with van der Waals surface area (Å²) in [5, 5.41) is -0.127. The van der Waals surface area contributed by atoms with Gasteiger partial charge in [-0.1, -0.05) is 36.4 Å².